The van der Waals surface area contributed by atoms with Crippen LogP contribution in [0.15, 0.2) is 10.7 Å². The number of amides is 1. The third-order valence-electron chi connectivity index (χ3n) is 3.38. The predicted molar refractivity (Wildman–Crippen MR) is 68.8 cm³/mol. The van der Waals surface area contributed by atoms with Gasteiger partial charge in [-0.05, 0) is 26.3 Å². The van der Waals surface area contributed by atoms with E-state index in [2.05, 4.69) is 31.0 Å². The minimum Gasteiger partial charge on any atom is -0.345 e. The van der Waals surface area contributed by atoms with Crippen LogP contribution >= 0.6 is 0 Å². The third-order valence-corrected chi connectivity index (χ3v) is 3.38. The van der Waals surface area contributed by atoms with E-state index in [1.807, 2.05) is 6.92 Å². The molecule has 0 aliphatic carbocycles. The fraction of sp³-hybridized carbons (Fsp3) is 0.500. The first-order valence-electron chi connectivity index (χ1n) is 6.58. The van der Waals surface area contributed by atoms with Crippen LogP contribution in [0.3, 0.4) is 0 Å². The summed E-state index contributed by atoms with van der Waals surface area (Å²) in [7, 11) is 0. The van der Waals surface area contributed by atoms with Crippen molar-refractivity contribution in [2.24, 2.45) is 0 Å². The van der Waals surface area contributed by atoms with Crippen molar-refractivity contribution in [3.8, 4) is 0 Å². The number of aryl methyl sites for hydroxylation is 1. The molecule has 0 radical (unpaired) electrons. The highest BCUT2D eigenvalue weighted by atomic mass is 16.5. The summed E-state index contributed by atoms with van der Waals surface area (Å²) in [5.74, 6) is 0.195. The standard InChI is InChI=1S/C12H16N6O2/c1-7-8(6-15-17-7)5-14-11(19)10-16-12(20-18-10)9-3-2-4-13-9/h6,9,13H,2-5H2,1H3,(H,14,19)(H,15,17). The van der Waals surface area contributed by atoms with E-state index >= 15 is 0 Å². The summed E-state index contributed by atoms with van der Waals surface area (Å²) in [6.45, 7) is 3.22. The second-order valence-corrected chi connectivity index (χ2v) is 4.81. The lowest BCUT2D eigenvalue weighted by atomic mass is 10.2. The van der Waals surface area contributed by atoms with Crippen LogP contribution in [0.5, 0.6) is 0 Å². The number of aromatic amines is 1. The number of H-pyrrole nitrogens is 1. The molecule has 1 aliphatic heterocycles. The van der Waals surface area contributed by atoms with Gasteiger partial charge in [0.1, 0.15) is 0 Å². The summed E-state index contributed by atoms with van der Waals surface area (Å²) < 4.78 is 5.13. The SMILES string of the molecule is Cc1[nH]ncc1CNC(=O)c1noc(C2CCCN2)n1. The van der Waals surface area contributed by atoms with Crippen LogP contribution in [0.1, 0.15) is 46.7 Å². The lowest BCUT2D eigenvalue weighted by molar-refractivity contribution is 0.0937. The lowest BCUT2D eigenvalue weighted by Crippen LogP contribution is -2.24. The summed E-state index contributed by atoms with van der Waals surface area (Å²) in [4.78, 5) is 16.1. The van der Waals surface area contributed by atoms with Crippen LogP contribution in [0, 0.1) is 6.92 Å². The first kappa shape index (κ1) is 12.8. The highest BCUT2D eigenvalue weighted by Gasteiger charge is 2.24. The summed E-state index contributed by atoms with van der Waals surface area (Å²) >= 11 is 0. The minimum atomic E-state index is -0.349. The number of aromatic nitrogens is 4. The van der Waals surface area contributed by atoms with E-state index in [1.165, 1.54) is 0 Å². The molecule has 8 heteroatoms. The maximum atomic E-state index is 11.9. The van der Waals surface area contributed by atoms with Crippen LogP contribution in [-0.2, 0) is 6.54 Å². The van der Waals surface area contributed by atoms with E-state index in [1.54, 1.807) is 6.20 Å². The van der Waals surface area contributed by atoms with Gasteiger partial charge in [-0.1, -0.05) is 5.16 Å². The maximum absolute atomic E-state index is 11.9. The van der Waals surface area contributed by atoms with Gasteiger partial charge in [-0.15, -0.1) is 0 Å². The highest BCUT2D eigenvalue weighted by Crippen LogP contribution is 2.20. The molecule has 20 heavy (non-hydrogen) atoms. The molecule has 0 spiro atoms. The van der Waals surface area contributed by atoms with E-state index in [0.717, 1.165) is 30.6 Å². The minimum absolute atomic E-state index is 0.0647. The average Bonchev–Trinajstić information content (AvgIpc) is 3.17. The number of nitrogens with one attached hydrogen (secondary N) is 3. The fourth-order valence-corrected chi connectivity index (χ4v) is 2.17. The van der Waals surface area contributed by atoms with Crippen molar-refractivity contribution >= 4 is 5.91 Å². The Balaban J connectivity index is 1.61. The Morgan fingerprint density at radius 1 is 1.60 bits per heavy atom. The fourth-order valence-electron chi connectivity index (χ4n) is 2.17. The van der Waals surface area contributed by atoms with E-state index < -0.39 is 0 Å². The summed E-state index contributed by atoms with van der Waals surface area (Å²) in [5.41, 5.74) is 1.86. The molecule has 3 N–H and O–H groups in total. The van der Waals surface area contributed by atoms with E-state index in [0.29, 0.717) is 12.4 Å². The van der Waals surface area contributed by atoms with Gasteiger partial charge in [0.05, 0.1) is 12.2 Å². The normalized spacial score (nSPS) is 18.4. The Morgan fingerprint density at radius 2 is 2.50 bits per heavy atom. The molecule has 3 rings (SSSR count). The molecule has 1 saturated heterocycles. The predicted octanol–water partition coefficient (Wildman–Crippen LogP) is 0.456. The van der Waals surface area contributed by atoms with Gasteiger partial charge in [-0.3, -0.25) is 9.89 Å². The lowest BCUT2D eigenvalue weighted by Gasteiger charge is -2.02. The van der Waals surface area contributed by atoms with Gasteiger partial charge in [0, 0.05) is 17.8 Å². The molecule has 3 heterocycles. The quantitative estimate of drug-likeness (QED) is 0.748. The largest absolute Gasteiger partial charge is 0.345 e. The number of rotatable bonds is 4. The molecule has 1 unspecified atom stereocenters. The molecule has 2 aromatic heterocycles. The van der Waals surface area contributed by atoms with Crippen molar-refractivity contribution in [3.05, 3.63) is 29.2 Å². The Bertz CT molecular complexity index is 599. The number of nitrogens with zero attached hydrogens (tertiary/aromatic N) is 3. The van der Waals surface area contributed by atoms with Gasteiger partial charge in [0.25, 0.3) is 11.7 Å². The van der Waals surface area contributed by atoms with Crippen molar-refractivity contribution in [1.82, 2.24) is 31.0 Å². The third kappa shape index (κ3) is 2.55. The molecule has 2 aromatic rings. The van der Waals surface area contributed by atoms with Gasteiger partial charge in [-0.2, -0.15) is 10.1 Å². The van der Waals surface area contributed by atoms with Crippen LogP contribution in [0.2, 0.25) is 0 Å². The Morgan fingerprint density at radius 3 is 3.20 bits per heavy atom. The van der Waals surface area contributed by atoms with E-state index in [-0.39, 0.29) is 17.8 Å². The second kappa shape index (κ2) is 5.41. The van der Waals surface area contributed by atoms with Crippen molar-refractivity contribution in [2.75, 3.05) is 6.54 Å². The van der Waals surface area contributed by atoms with Crippen molar-refractivity contribution in [2.45, 2.75) is 32.4 Å². The number of hydrogen-bond donors (Lipinski definition) is 3. The zero-order valence-corrected chi connectivity index (χ0v) is 11.1. The first-order valence-corrected chi connectivity index (χ1v) is 6.58. The first-order chi connectivity index (χ1) is 9.74. The molecule has 0 bridgehead atoms. The molecule has 0 saturated carbocycles. The van der Waals surface area contributed by atoms with Gasteiger partial charge < -0.3 is 15.2 Å². The molecule has 106 valence electrons. The van der Waals surface area contributed by atoms with Crippen molar-refractivity contribution in [1.29, 1.82) is 0 Å². The van der Waals surface area contributed by atoms with Gasteiger partial charge in [-0.25, -0.2) is 0 Å². The molecule has 1 amide bonds. The van der Waals surface area contributed by atoms with Gasteiger partial charge >= 0.3 is 0 Å². The Labute approximate surface area is 115 Å². The summed E-state index contributed by atoms with van der Waals surface area (Å²) in [6.07, 6.45) is 3.71. The zero-order valence-electron chi connectivity index (χ0n) is 11.1. The molecule has 8 nitrogen and oxygen atoms in total. The maximum Gasteiger partial charge on any atom is 0.292 e. The van der Waals surface area contributed by atoms with Crippen molar-refractivity contribution in [3.63, 3.8) is 0 Å². The van der Waals surface area contributed by atoms with Crippen LogP contribution in [0.4, 0.5) is 0 Å². The Hall–Kier alpha value is -2.22. The second-order valence-electron chi connectivity index (χ2n) is 4.81. The number of carbonyl (C=O) groups excluding carboxylic acids is 1. The Kier molecular flexibility index (Phi) is 3.46. The highest BCUT2D eigenvalue weighted by molar-refractivity contribution is 5.90. The van der Waals surface area contributed by atoms with Gasteiger partial charge in [0.2, 0.25) is 5.89 Å². The molecule has 1 atom stereocenters. The molecular formula is C12H16N6O2. The van der Waals surface area contributed by atoms with Crippen LogP contribution < -0.4 is 10.6 Å². The summed E-state index contributed by atoms with van der Waals surface area (Å²) in [6, 6.07) is 0.0696. The monoisotopic (exact) mass is 276 g/mol. The van der Waals surface area contributed by atoms with E-state index in [9.17, 15) is 4.79 Å². The topological polar surface area (TPSA) is 109 Å². The number of hydrogen-bond acceptors (Lipinski definition) is 6. The van der Waals surface area contributed by atoms with Crippen LogP contribution in [0.25, 0.3) is 0 Å². The molecule has 1 fully saturated rings. The van der Waals surface area contributed by atoms with Crippen molar-refractivity contribution < 1.29 is 9.32 Å². The smallest absolute Gasteiger partial charge is 0.292 e. The van der Waals surface area contributed by atoms with E-state index in [4.69, 9.17) is 4.52 Å². The molecule has 1 aliphatic rings. The van der Waals surface area contributed by atoms with Crippen LogP contribution in [-0.4, -0.2) is 32.8 Å². The average molecular weight is 276 g/mol. The zero-order chi connectivity index (χ0) is 13.9. The van der Waals surface area contributed by atoms with Gasteiger partial charge in [0.15, 0.2) is 0 Å². The molecular weight excluding hydrogens is 260 g/mol. The molecule has 0 aromatic carbocycles. The number of carbonyl (C=O) groups is 1. The summed E-state index contributed by atoms with van der Waals surface area (Å²) in [5, 5.41) is 16.4.